The summed E-state index contributed by atoms with van der Waals surface area (Å²) in [5.41, 5.74) is 1.06. The van der Waals surface area contributed by atoms with E-state index in [-0.39, 0.29) is 5.82 Å². The van der Waals surface area contributed by atoms with Crippen molar-refractivity contribution in [2.75, 3.05) is 0 Å². The predicted octanol–water partition coefficient (Wildman–Crippen LogP) is 3.64. The Morgan fingerprint density at radius 2 is 2.24 bits per heavy atom. The second-order valence-electron chi connectivity index (χ2n) is 3.70. The molecule has 0 atom stereocenters. The first-order valence-electron chi connectivity index (χ1n) is 5.21. The highest BCUT2D eigenvalue weighted by atomic mass is 79.9. The van der Waals surface area contributed by atoms with Gasteiger partial charge in [-0.1, -0.05) is 6.07 Å². The fraction of sp³-hybridized carbons (Fsp3) is 0.250. The maximum Gasteiger partial charge on any atom is 0.137 e. The molecular formula is C12H12BrFN2S. The maximum atomic E-state index is 13.0. The number of aryl methyl sites for hydroxylation is 1. The predicted molar refractivity (Wildman–Crippen MR) is 71.5 cm³/mol. The highest BCUT2D eigenvalue weighted by Gasteiger charge is 2.01. The van der Waals surface area contributed by atoms with Gasteiger partial charge in [0.05, 0.1) is 9.48 Å². The molecule has 1 N–H and O–H groups in total. The third kappa shape index (κ3) is 3.59. The van der Waals surface area contributed by atoms with E-state index in [1.54, 1.807) is 23.5 Å². The summed E-state index contributed by atoms with van der Waals surface area (Å²) in [5.74, 6) is -0.230. The van der Waals surface area contributed by atoms with Gasteiger partial charge in [0, 0.05) is 24.2 Å². The second kappa shape index (κ2) is 5.71. The van der Waals surface area contributed by atoms with Crippen LogP contribution in [0.2, 0.25) is 0 Å². The quantitative estimate of drug-likeness (QED) is 0.932. The summed E-state index contributed by atoms with van der Waals surface area (Å²) in [4.78, 5) is 5.40. The standard InChI is InChI=1S/C12H12BrFN2S/c1-8-16-7-10(17-8)6-15-5-9-2-3-12(14)11(13)4-9/h2-4,7,15H,5-6H2,1H3. The van der Waals surface area contributed by atoms with Gasteiger partial charge in [-0.25, -0.2) is 9.37 Å². The molecule has 0 aliphatic carbocycles. The maximum absolute atomic E-state index is 13.0. The summed E-state index contributed by atoms with van der Waals surface area (Å²) >= 11 is 4.86. The number of nitrogens with one attached hydrogen (secondary N) is 1. The highest BCUT2D eigenvalue weighted by Crippen LogP contribution is 2.17. The van der Waals surface area contributed by atoms with Gasteiger partial charge < -0.3 is 5.32 Å². The van der Waals surface area contributed by atoms with Gasteiger partial charge in [0.15, 0.2) is 0 Å². The first-order valence-corrected chi connectivity index (χ1v) is 6.82. The molecule has 0 bridgehead atoms. The Balaban J connectivity index is 1.87. The third-order valence-electron chi connectivity index (χ3n) is 2.28. The minimum Gasteiger partial charge on any atom is -0.308 e. The highest BCUT2D eigenvalue weighted by molar-refractivity contribution is 9.10. The molecule has 17 heavy (non-hydrogen) atoms. The average molecular weight is 315 g/mol. The van der Waals surface area contributed by atoms with Crippen molar-refractivity contribution < 1.29 is 4.39 Å². The molecule has 1 aromatic carbocycles. The van der Waals surface area contributed by atoms with E-state index < -0.39 is 0 Å². The van der Waals surface area contributed by atoms with Crippen molar-refractivity contribution >= 4 is 27.3 Å². The van der Waals surface area contributed by atoms with Gasteiger partial charge in [-0.15, -0.1) is 11.3 Å². The molecular weight excluding hydrogens is 303 g/mol. The zero-order valence-electron chi connectivity index (χ0n) is 9.34. The summed E-state index contributed by atoms with van der Waals surface area (Å²) in [7, 11) is 0. The zero-order chi connectivity index (χ0) is 12.3. The second-order valence-corrected chi connectivity index (χ2v) is 5.87. The molecule has 90 valence electrons. The Morgan fingerprint density at radius 3 is 2.88 bits per heavy atom. The van der Waals surface area contributed by atoms with Gasteiger partial charge >= 0.3 is 0 Å². The van der Waals surface area contributed by atoms with Crippen LogP contribution >= 0.6 is 27.3 Å². The largest absolute Gasteiger partial charge is 0.308 e. The molecule has 0 fully saturated rings. The molecule has 2 aromatic rings. The van der Waals surface area contributed by atoms with E-state index >= 15 is 0 Å². The van der Waals surface area contributed by atoms with Crippen molar-refractivity contribution in [2.24, 2.45) is 0 Å². The van der Waals surface area contributed by atoms with Crippen molar-refractivity contribution in [2.45, 2.75) is 20.0 Å². The number of rotatable bonds is 4. The lowest BCUT2D eigenvalue weighted by Crippen LogP contribution is -2.11. The molecule has 0 radical (unpaired) electrons. The van der Waals surface area contributed by atoms with Crippen LogP contribution in [0.3, 0.4) is 0 Å². The first kappa shape index (κ1) is 12.7. The molecule has 1 heterocycles. The van der Waals surface area contributed by atoms with Crippen molar-refractivity contribution in [1.82, 2.24) is 10.3 Å². The number of halogens is 2. The number of aromatic nitrogens is 1. The summed E-state index contributed by atoms with van der Waals surface area (Å²) in [5, 5.41) is 4.38. The minimum absolute atomic E-state index is 0.230. The van der Waals surface area contributed by atoms with E-state index in [4.69, 9.17) is 0 Å². The van der Waals surface area contributed by atoms with Gasteiger partial charge in [0.2, 0.25) is 0 Å². The van der Waals surface area contributed by atoms with Crippen molar-refractivity contribution in [3.63, 3.8) is 0 Å². The van der Waals surface area contributed by atoms with Gasteiger partial charge in [0.25, 0.3) is 0 Å². The van der Waals surface area contributed by atoms with Crippen LogP contribution in [0.4, 0.5) is 4.39 Å². The van der Waals surface area contributed by atoms with E-state index in [1.165, 1.54) is 10.9 Å². The van der Waals surface area contributed by atoms with Crippen LogP contribution in [-0.2, 0) is 13.1 Å². The molecule has 0 aliphatic rings. The smallest absolute Gasteiger partial charge is 0.137 e. The van der Waals surface area contributed by atoms with E-state index in [9.17, 15) is 4.39 Å². The SMILES string of the molecule is Cc1ncc(CNCc2ccc(F)c(Br)c2)s1. The van der Waals surface area contributed by atoms with Gasteiger partial charge in [-0.05, 0) is 40.5 Å². The average Bonchev–Trinajstić information content (AvgIpc) is 2.70. The third-order valence-corrected chi connectivity index (χ3v) is 3.80. The number of hydrogen-bond donors (Lipinski definition) is 1. The summed E-state index contributed by atoms with van der Waals surface area (Å²) in [6.45, 7) is 3.50. The summed E-state index contributed by atoms with van der Waals surface area (Å²) in [6.07, 6.45) is 1.88. The first-order chi connectivity index (χ1) is 8.15. The molecule has 0 unspecified atom stereocenters. The van der Waals surface area contributed by atoms with Crippen LogP contribution in [0.15, 0.2) is 28.9 Å². The van der Waals surface area contributed by atoms with Gasteiger partial charge in [0.1, 0.15) is 5.82 Å². The van der Waals surface area contributed by atoms with Crippen LogP contribution in [0, 0.1) is 12.7 Å². The Hall–Kier alpha value is -0.780. The van der Waals surface area contributed by atoms with Crippen LogP contribution in [0.1, 0.15) is 15.4 Å². The van der Waals surface area contributed by atoms with Gasteiger partial charge in [-0.3, -0.25) is 0 Å². The van der Waals surface area contributed by atoms with Crippen molar-refractivity contribution in [3.8, 4) is 0 Å². The lowest BCUT2D eigenvalue weighted by atomic mass is 10.2. The number of nitrogens with zero attached hydrogens (tertiary/aromatic N) is 1. The lowest BCUT2D eigenvalue weighted by molar-refractivity contribution is 0.618. The fourth-order valence-corrected chi connectivity index (χ4v) is 2.66. The molecule has 0 saturated heterocycles. The van der Waals surface area contributed by atoms with Crippen LogP contribution in [-0.4, -0.2) is 4.98 Å². The normalized spacial score (nSPS) is 10.8. The molecule has 2 rings (SSSR count). The van der Waals surface area contributed by atoms with Crippen LogP contribution < -0.4 is 5.32 Å². The topological polar surface area (TPSA) is 24.9 Å². The fourth-order valence-electron chi connectivity index (χ4n) is 1.47. The minimum atomic E-state index is -0.230. The molecule has 0 saturated carbocycles. The number of benzene rings is 1. The number of hydrogen-bond acceptors (Lipinski definition) is 3. The Morgan fingerprint density at radius 1 is 1.41 bits per heavy atom. The Bertz CT molecular complexity index is 513. The molecule has 0 amide bonds. The monoisotopic (exact) mass is 314 g/mol. The van der Waals surface area contributed by atoms with E-state index in [1.807, 2.05) is 13.1 Å². The molecule has 0 aliphatic heterocycles. The van der Waals surface area contributed by atoms with Crippen molar-refractivity contribution in [1.29, 1.82) is 0 Å². The lowest BCUT2D eigenvalue weighted by Gasteiger charge is -2.04. The van der Waals surface area contributed by atoms with E-state index in [2.05, 4.69) is 26.2 Å². The Kier molecular flexibility index (Phi) is 4.25. The molecule has 2 nitrogen and oxygen atoms in total. The molecule has 0 spiro atoms. The van der Waals surface area contributed by atoms with E-state index in [0.717, 1.165) is 23.7 Å². The van der Waals surface area contributed by atoms with Crippen LogP contribution in [0.25, 0.3) is 0 Å². The molecule has 1 aromatic heterocycles. The zero-order valence-corrected chi connectivity index (χ0v) is 11.7. The van der Waals surface area contributed by atoms with Crippen LogP contribution in [0.5, 0.6) is 0 Å². The van der Waals surface area contributed by atoms with Gasteiger partial charge in [-0.2, -0.15) is 0 Å². The number of thiazole rings is 1. The Labute approximate surface area is 112 Å². The summed E-state index contributed by atoms with van der Waals surface area (Å²) in [6, 6.07) is 5.04. The molecule has 5 heteroatoms. The van der Waals surface area contributed by atoms with Crippen molar-refractivity contribution in [3.05, 3.63) is 50.1 Å². The van der Waals surface area contributed by atoms with E-state index in [0.29, 0.717) is 4.47 Å². The summed E-state index contributed by atoms with van der Waals surface area (Å²) < 4.78 is 13.5.